The Kier molecular flexibility index (Phi) is 4.62. The summed E-state index contributed by atoms with van der Waals surface area (Å²) in [5.41, 5.74) is 0.657. The van der Waals surface area contributed by atoms with Crippen molar-refractivity contribution in [2.45, 2.75) is 30.2 Å². The summed E-state index contributed by atoms with van der Waals surface area (Å²) in [5.74, 6) is 0. The Morgan fingerprint density at radius 2 is 2.21 bits per heavy atom. The van der Waals surface area contributed by atoms with Crippen molar-refractivity contribution in [2.24, 2.45) is 0 Å². The number of piperazine rings is 1. The smallest absolute Gasteiger partial charge is 0.252 e. The van der Waals surface area contributed by atoms with Crippen LogP contribution in [0.3, 0.4) is 0 Å². The van der Waals surface area contributed by atoms with Gasteiger partial charge >= 0.3 is 0 Å². The van der Waals surface area contributed by atoms with E-state index < -0.39 is 10.0 Å². The van der Waals surface area contributed by atoms with Crippen LogP contribution in [0.25, 0.3) is 0 Å². The van der Waals surface area contributed by atoms with Crippen LogP contribution in [0, 0.1) is 0 Å². The van der Waals surface area contributed by atoms with E-state index in [4.69, 9.17) is 5.11 Å². The van der Waals surface area contributed by atoms with Crippen LogP contribution >= 0.6 is 11.3 Å². The van der Waals surface area contributed by atoms with E-state index in [1.54, 1.807) is 15.8 Å². The van der Waals surface area contributed by atoms with Gasteiger partial charge in [0, 0.05) is 25.7 Å². The van der Waals surface area contributed by atoms with Crippen LogP contribution < -0.4 is 0 Å². The standard InChI is InChI=1S/C12H20N2O3S2/c1-3-11-7-14(5-4-13(11)2)19(16,17)12-6-10(8-15)9-18-12/h6,9,11,15H,3-5,7-8H2,1-2H3. The summed E-state index contributed by atoms with van der Waals surface area (Å²) in [6, 6.07) is 1.85. The minimum atomic E-state index is -3.40. The predicted octanol–water partition coefficient (Wildman–Crippen LogP) is 0.955. The van der Waals surface area contributed by atoms with Gasteiger partial charge in [-0.1, -0.05) is 6.92 Å². The first kappa shape index (κ1) is 14.9. The zero-order chi connectivity index (χ0) is 14.0. The fourth-order valence-corrected chi connectivity index (χ4v) is 5.10. The highest BCUT2D eigenvalue weighted by molar-refractivity contribution is 7.91. The van der Waals surface area contributed by atoms with Gasteiger partial charge in [0.2, 0.25) is 0 Å². The first-order valence-corrected chi connectivity index (χ1v) is 8.69. The lowest BCUT2D eigenvalue weighted by molar-refractivity contribution is 0.144. The van der Waals surface area contributed by atoms with Crippen LogP contribution in [0.2, 0.25) is 0 Å². The lowest BCUT2D eigenvalue weighted by Gasteiger charge is -2.38. The Bertz CT molecular complexity index is 527. The lowest BCUT2D eigenvalue weighted by atomic mass is 10.1. The first-order valence-electron chi connectivity index (χ1n) is 6.37. The number of aliphatic hydroxyl groups is 1. The van der Waals surface area contributed by atoms with Crippen LogP contribution in [0.15, 0.2) is 15.7 Å². The zero-order valence-corrected chi connectivity index (χ0v) is 12.9. The summed E-state index contributed by atoms with van der Waals surface area (Å²) in [5, 5.41) is 10.7. The molecule has 1 aromatic heterocycles. The monoisotopic (exact) mass is 304 g/mol. The molecule has 19 heavy (non-hydrogen) atoms. The quantitative estimate of drug-likeness (QED) is 0.900. The third-order valence-corrected chi connectivity index (χ3v) is 6.95. The van der Waals surface area contributed by atoms with Crippen molar-refractivity contribution < 1.29 is 13.5 Å². The normalized spacial score (nSPS) is 22.8. The molecule has 1 fully saturated rings. The van der Waals surface area contributed by atoms with Crippen LogP contribution in [0.1, 0.15) is 18.9 Å². The van der Waals surface area contributed by atoms with Gasteiger partial charge in [-0.2, -0.15) is 4.31 Å². The molecule has 0 saturated carbocycles. The third-order valence-electron chi connectivity index (χ3n) is 3.62. The largest absolute Gasteiger partial charge is 0.392 e. The topological polar surface area (TPSA) is 60.9 Å². The Balaban J connectivity index is 2.20. The van der Waals surface area contributed by atoms with E-state index in [1.807, 2.05) is 7.05 Å². The highest BCUT2D eigenvalue weighted by atomic mass is 32.2. The van der Waals surface area contributed by atoms with Gasteiger partial charge in [-0.05, 0) is 30.5 Å². The highest BCUT2D eigenvalue weighted by Crippen LogP contribution is 2.26. The molecule has 1 atom stereocenters. The van der Waals surface area contributed by atoms with E-state index in [-0.39, 0.29) is 12.6 Å². The van der Waals surface area contributed by atoms with E-state index in [0.29, 0.717) is 22.9 Å². The van der Waals surface area contributed by atoms with E-state index in [1.165, 1.54) is 11.3 Å². The molecule has 1 aliphatic rings. The highest BCUT2D eigenvalue weighted by Gasteiger charge is 2.32. The lowest BCUT2D eigenvalue weighted by Crippen LogP contribution is -2.52. The van der Waals surface area contributed by atoms with E-state index in [0.717, 1.165) is 13.0 Å². The molecule has 7 heteroatoms. The Labute approximate surface area is 118 Å². The third kappa shape index (κ3) is 3.00. The van der Waals surface area contributed by atoms with Crippen molar-refractivity contribution >= 4 is 21.4 Å². The summed E-state index contributed by atoms with van der Waals surface area (Å²) in [6.45, 7) is 3.79. The number of aliphatic hydroxyl groups excluding tert-OH is 1. The molecule has 0 aliphatic carbocycles. The van der Waals surface area contributed by atoms with Crippen molar-refractivity contribution in [2.75, 3.05) is 26.7 Å². The maximum atomic E-state index is 12.5. The van der Waals surface area contributed by atoms with Crippen LogP contribution in [-0.2, 0) is 16.6 Å². The van der Waals surface area contributed by atoms with Gasteiger partial charge in [-0.25, -0.2) is 8.42 Å². The van der Waals surface area contributed by atoms with Gasteiger partial charge in [0.15, 0.2) is 0 Å². The van der Waals surface area contributed by atoms with E-state index in [9.17, 15) is 8.42 Å². The molecular formula is C12H20N2O3S2. The Morgan fingerprint density at radius 1 is 1.47 bits per heavy atom. The molecule has 0 amide bonds. The Morgan fingerprint density at radius 3 is 2.79 bits per heavy atom. The number of hydrogen-bond donors (Lipinski definition) is 1. The minimum absolute atomic E-state index is 0.119. The van der Waals surface area contributed by atoms with Gasteiger partial charge in [-0.15, -0.1) is 11.3 Å². The number of likely N-dealkylation sites (N-methyl/N-ethyl adjacent to an activating group) is 1. The second-order valence-corrected chi connectivity index (χ2v) is 7.91. The molecular weight excluding hydrogens is 284 g/mol. The molecule has 2 rings (SSSR count). The maximum absolute atomic E-state index is 12.5. The molecule has 0 radical (unpaired) electrons. The molecule has 1 unspecified atom stereocenters. The molecule has 1 aromatic rings. The summed E-state index contributed by atoms with van der Waals surface area (Å²) in [6.07, 6.45) is 0.939. The van der Waals surface area contributed by atoms with Crippen LogP contribution in [-0.4, -0.2) is 55.5 Å². The summed E-state index contributed by atoms with van der Waals surface area (Å²) in [4.78, 5) is 2.21. The van der Waals surface area contributed by atoms with Gasteiger partial charge in [0.25, 0.3) is 10.0 Å². The average molecular weight is 304 g/mol. The molecule has 5 nitrogen and oxygen atoms in total. The second-order valence-electron chi connectivity index (χ2n) is 4.84. The van der Waals surface area contributed by atoms with Gasteiger partial charge in [0.05, 0.1) is 6.61 Å². The first-order chi connectivity index (χ1) is 8.98. The number of thiophene rings is 1. The fraction of sp³-hybridized carbons (Fsp3) is 0.667. The number of nitrogens with zero attached hydrogens (tertiary/aromatic N) is 2. The van der Waals surface area contributed by atoms with Crippen molar-refractivity contribution in [1.82, 2.24) is 9.21 Å². The summed E-state index contributed by atoms with van der Waals surface area (Å²) < 4.78 is 26.9. The van der Waals surface area contributed by atoms with E-state index in [2.05, 4.69) is 11.8 Å². The van der Waals surface area contributed by atoms with Crippen molar-refractivity contribution in [3.63, 3.8) is 0 Å². The maximum Gasteiger partial charge on any atom is 0.252 e. The molecule has 0 spiro atoms. The van der Waals surface area contributed by atoms with Crippen LogP contribution in [0.4, 0.5) is 0 Å². The Hall–Kier alpha value is -0.470. The zero-order valence-electron chi connectivity index (χ0n) is 11.2. The molecule has 2 heterocycles. The average Bonchev–Trinajstić information content (AvgIpc) is 2.88. The number of hydrogen-bond acceptors (Lipinski definition) is 5. The summed E-state index contributed by atoms with van der Waals surface area (Å²) in [7, 11) is -1.37. The SMILES string of the molecule is CCC1CN(S(=O)(=O)c2cc(CO)cs2)CCN1C. The van der Waals surface area contributed by atoms with Crippen molar-refractivity contribution in [3.05, 3.63) is 17.0 Å². The van der Waals surface area contributed by atoms with Crippen LogP contribution in [0.5, 0.6) is 0 Å². The molecule has 1 aliphatic heterocycles. The number of rotatable bonds is 4. The molecule has 0 aromatic carbocycles. The summed E-state index contributed by atoms with van der Waals surface area (Å²) >= 11 is 1.18. The number of sulfonamides is 1. The van der Waals surface area contributed by atoms with Crippen molar-refractivity contribution in [1.29, 1.82) is 0 Å². The predicted molar refractivity (Wildman–Crippen MR) is 75.7 cm³/mol. The second kappa shape index (κ2) is 5.88. The molecule has 108 valence electrons. The van der Waals surface area contributed by atoms with Gasteiger partial charge < -0.3 is 10.0 Å². The minimum Gasteiger partial charge on any atom is -0.392 e. The fourth-order valence-electron chi connectivity index (χ4n) is 2.28. The van der Waals surface area contributed by atoms with E-state index >= 15 is 0 Å². The molecule has 1 N–H and O–H groups in total. The van der Waals surface area contributed by atoms with Gasteiger partial charge in [-0.3, -0.25) is 0 Å². The van der Waals surface area contributed by atoms with Crippen molar-refractivity contribution in [3.8, 4) is 0 Å². The molecule has 1 saturated heterocycles. The molecule has 0 bridgehead atoms. The van der Waals surface area contributed by atoms with Gasteiger partial charge in [0.1, 0.15) is 4.21 Å².